The fourth-order valence-electron chi connectivity index (χ4n) is 4.68. The summed E-state index contributed by atoms with van der Waals surface area (Å²) in [5, 5.41) is 8.59. The molecule has 0 spiro atoms. The molecule has 2 aliphatic rings. The number of anilines is 1. The highest BCUT2D eigenvalue weighted by atomic mass is 32.2. The first-order valence-electron chi connectivity index (χ1n) is 11.6. The predicted octanol–water partition coefficient (Wildman–Crippen LogP) is 2.27. The van der Waals surface area contributed by atoms with Crippen molar-refractivity contribution in [3.8, 4) is 0 Å². The topological polar surface area (TPSA) is 132 Å². The van der Waals surface area contributed by atoms with Crippen molar-refractivity contribution in [1.29, 1.82) is 0 Å². The molecule has 1 aromatic heterocycles. The lowest BCUT2D eigenvalue weighted by Gasteiger charge is -2.27. The summed E-state index contributed by atoms with van der Waals surface area (Å²) in [4.78, 5) is 4.12. The Morgan fingerprint density at radius 1 is 1.12 bits per heavy atom. The lowest BCUT2D eigenvalue weighted by molar-refractivity contribution is 0.0620. The molecule has 0 amide bonds. The zero-order chi connectivity index (χ0) is 24.3. The molecule has 11 heteroatoms. The Bertz CT molecular complexity index is 1240. The van der Waals surface area contributed by atoms with Gasteiger partial charge < -0.3 is 10.1 Å². The highest BCUT2D eigenvalue weighted by Crippen LogP contribution is 2.28. The van der Waals surface area contributed by atoms with Gasteiger partial charge in [-0.2, -0.15) is 0 Å². The minimum atomic E-state index is -4.17. The van der Waals surface area contributed by atoms with Crippen LogP contribution in [0.5, 0.6) is 0 Å². The molecule has 0 unspecified atom stereocenters. The first-order chi connectivity index (χ1) is 16.2. The number of sulfonamides is 2. The highest BCUT2D eigenvalue weighted by molar-refractivity contribution is 7.90. The summed E-state index contributed by atoms with van der Waals surface area (Å²) in [5.41, 5.74) is 3.60. The van der Waals surface area contributed by atoms with E-state index in [1.54, 1.807) is 6.20 Å². The van der Waals surface area contributed by atoms with Crippen LogP contribution in [0.25, 0.3) is 0 Å². The average Bonchev–Trinajstić information content (AvgIpc) is 2.82. The number of hydrogen-bond donors (Lipinski definition) is 2. The molecule has 0 saturated carbocycles. The van der Waals surface area contributed by atoms with E-state index in [-0.39, 0.29) is 21.4 Å². The molecular formula is C23H32N4O5S2. The molecule has 1 aliphatic heterocycles. The Hall–Kier alpha value is -2.05. The van der Waals surface area contributed by atoms with Gasteiger partial charge in [0.15, 0.2) is 0 Å². The number of pyridine rings is 1. The van der Waals surface area contributed by atoms with Crippen LogP contribution in [-0.4, -0.2) is 52.9 Å². The minimum absolute atomic E-state index is 0.105. The number of primary sulfonamides is 1. The Labute approximate surface area is 201 Å². The second kappa shape index (κ2) is 10.3. The quantitative estimate of drug-likeness (QED) is 0.559. The predicted molar refractivity (Wildman–Crippen MR) is 129 cm³/mol. The molecule has 1 fully saturated rings. The number of nitrogens with two attached hydrogens (primary N) is 1. The number of nitrogens with zero attached hydrogens (tertiary/aromatic N) is 2. The van der Waals surface area contributed by atoms with Crippen LogP contribution in [0.2, 0.25) is 0 Å². The summed E-state index contributed by atoms with van der Waals surface area (Å²) in [6, 6.07) is 6.05. The molecule has 2 heterocycles. The molecule has 186 valence electrons. The molecule has 1 saturated heterocycles. The molecule has 1 aromatic carbocycles. The van der Waals surface area contributed by atoms with E-state index in [9.17, 15) is 16.8 Å². The van der Waals surface area contributed by atoms with Crippen LogP contribution in [-0.2, 0) is 44.2 Å². The molecule has 0 bridgehead atoms. The van der Waals surface area contributed by atoms with Gasteiger partial charge in [0.2, 0.25) is 20.0 Å². The third kappa shape index (κ3) is 5.60. The summed E-state index contributed by atoms with van der Waals surface area (Å²) in [6.45, 7) is 1.91. The number of fused-ring (bicyclic) bond motifs is 1. The largest absolute Gasteiger partial charge is 0.381 e. The van der Waals surface area contributed by atoms with Crippen LogP contribution >= 0.6 is 0 Å². The molecule has 0 atom stereocenters. The van der Waals surface area contributed by atoms with E-state index < -0.39 is 20.0 Å². The third-order valence-corrected chi connectivity index (χ3v) is 9.41. The van der Waals surface area contributed by atoms with Crippen LogP contribution in [0.1, 0.15) is 42.5 Å². The molecular weight excluding hydrogens is 476 g/mol. The van der Waals surface area contributed by atoms with Gasteiger partial charge in [0.05, 0.1) is 22.8 Å². The fourth-order valence-corrected chi connectivity index (χ4v) is 6.77. The third-order valence-electron chi connectivity index (χ3n) is 6.64. The van der Waals surface area contributed by atoms with E-state index in [0.717, 1.165) is 50.3 Å². The Balaban J connectivity index is 1.57. The molecule has 9 nitrogen and oxygen atoms in total. The van der Waals surface area contributed by atoms with Crippen molar-refractivity contribution in [2.45, 2.75) is 54.9 Å². The number of aryl methyl sites for hydroxylation is 1. The zero-order valence-corrected chi connectivity index (χ0v) is 21.0. The van der Waals surface area contributed by atoms with Crippen molar-refractivity contribution >= 4 is 25.7 Å². The SMILES string of the molecule is CN(CC1CCOCC1)S(=O)(=O)c1ccc(NCc2nccc3c2CCCC3)c(S(N)(=O)=O)c1. The normalized spacial score (nSPS) is 17.5. The zero-order valence-electron chi connectivity index (χ0n) is 19.4. The molecule has 34 heavy (non-hydrogen) atoms. The lowest BCUT2D eigenvalue weighted by Crippen LogP contribution is -2.34. The molecule has 3 N–H and O–H groups in total. The van der Waals surface area contributed by atoms with Crippen molar-refractivity contribution < 1.29 is 21.6 Å². The first kappa shape index (κ1) is 25.1. The standard InChI is InChI=1S/C23H32N4O5S2/c1-27(16-17-9-12-32-13-10-17)34(30,31)19-6-7-21(23(14-19)33(24,28)29)26-15-22-20-5-3-2-4-18(20)8-11-25-22/h6-8,11,14,17,26H,2-5,9-10,12-13,15-16H2,1H3,(H2,24,28,29). The number of benzene rings is 1. The maximum Gasteiger partial charge on any atom is 0.242 e. The maximum absolute atomic E-state index is 13.2. The van der Waals surface area contributed by atoms with E-state index in [4.69, 9.17) is 9.88 Å². The van der Waals surface area contributed by atoms with Gasteiger partial charge in [0.1, 0.15) is 4.90 Å². The van der Waals surface area contributed by atoms with Crippen LogP contribution in [0.15, 0.2) is 40.3 Å². The smallest absolute Gasteiger partial charge is 0.242 e. The molecule has 0 radical (unpaired) electrons. The second-order valence-corrected chi connectivity index (χ2v) is 12.6. The number of ether oxygens (including phenoxy) is 1. The summed E-state index contributed by atoms with van der Waals surface area (Å²) < 4.78 is 57.7. The molecule has 1 aliphatic carbocycles. The van der Waals surface area contributed by atoms with Gasteiger partial charge in [-0.3, -0.25) is 4.98 Å². The second-order valence-electron chi connectivity index (χ2n) is 9.00. The highest BCUT2D eigenvalue weighted by Gasteiger charge is 2.27. The van der Waals surface area contributed by atoms with E-state index >= 15 is 0 Å². The van der Waals surface area contributed by atoms with Gasteiger partial charge in [-0.05, 0) is 79.8 Å². The van der Waals surface area contributed by atoms with Crippen molar-refractivity contribution in [2.24, 2.45) is 11.1 Å². The van der Waals surface area contributed by atoms with Crippen molar-refractivity contribution in [2.75, 3.05) is 32.1 Å². The van der Waals surface area contributed by atoms with Crippen LogP contribution in [0.3, 0.4) is 0 Å². The average molecular weight is 509 g/mol. The van der Waals surface area contributed by atoms with Crippen molar-refractivity contribution in [1.82, 2.24) is 9.29 Å². The monoisotopic (exact) mass is 508 g/mol. The van der Waals surface area contributed by atoms with Crippen LogP contribution in [0.4, 0.5) is 5.69 Å². The van der Waals surface area contributed by atoms with Crippen LogP contribution in [0, 0.1) is 5.92 Å². The Morgan fingerprint density at radius 3 is 2.59 bits per heavy atom. The Morgan fingerprint density at radius 2 is 1.85 bits per heavy atom. The lowest BCUT2D eigenvalue weighted by atomic mass is 9.91. The van der Waals surface area contributed by atoms with Gasteiger partial charge in [-0.15, -0.1) is 0 Å². The molecule has 4 rings (SSSR count). The van der Waals surface area contributed by atoms with E-state index in [1.165, 1.54) is 34.6 Å². The van der Waals surface area contributed by atoms with Crippen LogP contribution < -0.4 is 10.5 Å². The van der Waals surface area contributed by atoms with Gasteiger partial charge in [0, 0.05) is 33.0 Å². The van der Waals surface area contributed by atoms with Gasteiger partial charge >= 0.3 is 0 Å². The molecule has 2 aromatic rings. The summed E-state index contributed by atoms with van der Waals surface area (Å²) >= 11 is 0. The number of aromatic nitrogens is 1. The van der Waals surface area contributed by atoms with Crippen molar-refractivity contribution in [3.63, 3.8) is 0 Å². The van der Waals surface area contributed by atoms with Crippen molar-refractivity contribution in [3.05, 3.63) is 47.3 Å². The first-order valence-corrected chi connectivity index (χ1v) is 14.6. The van der Waals surface area contributed by atoms with Gasteiger partial charge in [-0.1, -0.05) is 0 Å². The minimum Gasteiger partial charge on any atom is -0.381 e. The Kier molecular flexibility index (Phi) is 7.58. The van der Waals surface area contributed by atoms with Gasteiger partial charge in [-0.25, -0.2) is 26.3 Å². The number of nitrogens with one attached hydrogen (secondary N) is 1. The van der Waals surface area contributed by atoms with E-state index in [0.29, 0.717) is 26.3 Å². The number of hydrogen-bond acceptors (Lipinski definition) is 7. The van der Waals surface area contributed by atoms with Gasteiger partial charge in [0.25, 0.3) is 0 Å². The summed E-state index contributed by atoms with van der Waals surface area (Å²) in [5.74, 6) is 0.205. The number of rotatable bonds is 8. The van der Waals surface area contributed by atoms with E-state index in [1.807, 2.05) is 6.07 Å². The fraction of sp³-hybridized carbons (Fsp3) is 0.522. The summed E-state index contributed by atoms with van der Waals surface area (Å²) in [6.07, 6.45) is 7.57. The summed E-state index contributed by atoms with van der Waals surface area (Å²) in [7, 11) is -6.55. The maximum atomic E-state index is 13.2. The van der Waals surface area contributed by atoms with E-state index in [2.05, 4.69) is 10.3 Å².